The van der Waals surface area contributed by atoms with E-state index in [9.17, 15) is 18.0 Å². The lowest BCUT2D eigenvalue weighted by atomic mass is 9.97. The van der Waals surface area contributed by atoms with Gasteiger partial charge in [0.2, 0.25) is 5.91 Å². The monoisotopic (exact) mass is 449 g/mol. The smallest absolute Gasteiger partial charge is 0.254 e. The average Bonchev–Trinajstić information content (AvgIpc) is 3.21. The van der Waals surface area contributed by atoms with E-state index in [1.165, 1.54) is 15.3 Å². The molecule has 2 heterocycles. The molecule has 1 aliphatic rings. The topological polar surface area (TPSA) is 86.8 Å². The first-order chi connectivity index (χ1) is 14.1. The van der Waals surface area contributed by atoms with E-state index in [2.05, 4.69) is 5.32 Å². The summed E-state index contributed by atoms with van der Waals surface area (Å²) in [5.74, 6) is -0.535. The fraction of sp³-hybridized carbons (Fsp3) is 0.429. The number of piperidine rings is 1. The van der Waals surface area contributed by atoms with Crippen LogP contribution in [0.25, 0.3) is 0 Å². The van der Waals surface area contributed by atoms with Crippen LogP contribution in [0.5, 0.6) is 0 Å². The van der Waals surface area contributed by atoms with Gasteiger partial charge in [0, 0.05) is 44.2 Å². The van der Waals surface area contributed by atoms with Crippen molar-refractivity contribution in [2.75, 3.05) is 32.5 Å². The Balaban J connectivity index is 1.62. The minimum atomic E-state index is -3.67. The van der Waals surface area contributed by atoms with Gasteiger partial charge in [-0.25, -0.2) is 8.42 Å². The molecule has 1 N–H and O–H groups in total. The summed E-state index contributed by atoms with van der Waals surface area (Å²) in [4.78, 5) is 26.1. The molecule has 30 heavy (non-hydrogen) atoms. The number of aryl methyl sites for hydroxylation is 2. The van der Waals surface area contributed by atoms with Crippen molar-refractivity contribution in [3.63, 3.8) is 0 Å². The quantitative estimate of drug-likeness (QED) is 0.760. The van der Waals surface area contributed by atoms with Crippen LogP contribution < -0.4 is 5.32 Å². The normalized spacial score (nSPS) is 15.7. The first-order valence-electron chi connectivity index (χ1n) is 9.78. The van der Waals surface area contributed by atoms with E-state index in [1.54, 1.807) is 19.5 Å². The zero-order valence-corrected chi connectivity index (χ0v) is 19.3. The summed E-state index contributed by atoms with van der Waals surface area (Å²) in [5.41, 5.74) is 3.40. The van der Waals surface area contributed by atoms with Gasteiger partial charge >= 0.3 is 0 Å². The number of hydrogen-bond acceptors (Lipinski definition) is 5. The number of anilines is 1. The maximum Gasteiger partial charge on any atom is 0.254 e. The van der Waals surface area contributed by atoms with Crippen LogP contribution in [0.3, 0.4) is 0 Å². The van der Waals surface area contributed by atoms with Gasteiger partial charge in [0.1, 0.15) is 4.21 Å². The zero-order chi connectivity index (χ0) is 22.1. The number of nitrogens with one attached hydrogen (secondary N) is 1. The highest BCUT2D eigenvalue weighted by molar-refractivity contribution is 7.91. The fourth-order valence-corrected chi connectivity index (χ4v) is 6.15. The Morgan fingerprint density at radius 1 is 1.10 bits per heavy atom. The molecule has 0 saturated carbocycles. The van der Waals surface area contributed by atoms with Crippen LogP contribution in [-0.4, -0.2) is 56.6 Å². The second-order valence-corrected chi connectivity index (χ2v) is 10.9. The molecule has 0 aliphatic carbocycles. The molecule has 1 aromatic carbocycles. The maximum absolute atomic E-state index is 12.9. The largest absolute Gasteiger partial charge is 0.345 e. The van der Waals surface area contributed by atoms with Gasteiger partial charge in [-0.05, 0) is 56.0 Å². The van der Waals surface area contributed by atoms with Gasteiger partial charge in [-0.2, -0.15) is 4.31 Å². The van der Waals surface area contributed by atoms with Crippen molar-refractivity contribution >= 4 is 38.9 Å². The van der Waals surface area contributed by atoms with Gasteiger partial charge in [0.25, 0.3) is 15.9 Å². The Labute approximate surface area is 181 Å². The van der Waals surface area contributed by atoms with Crippen LogP contribution in [0.2, 0.25) is 0 Å². The average molecular weight is 450 g/mol. The van der Waals surface area contributed by atoms with E-state index >= 15 is 0 Å². The van der Waals surface area contributed by atoms with E-state index in [4.69, 9.17) is 0 Å². The van der Waals surface area contributed by atoms with E-state index in [0.29, 0.717) is 18.4 Å². The SMILES string of the molecule is Cc1ccc(NC(=O)C2CCN(S(=O)(=O)c3cc(C(=O)N(C)C)cs3)CC2)cc1C. The molecule has 0 bridgehead atoms. The predicted molar refractivity (Wildman–Crippen MR) is 118 cm³/mol. The summed E-state index contributed by atoms with van der Waals surface area (Å²) in [6.07, 6.45) is 0.926. The predicted octanol–water partition coefficient (Wildman–Crippen LogP) is 3.11. The minimum absolute atomic E-state index is 0.0784. The van der Waals surface area contributed by atoms with E-state index in [1.807, 2.05) is 32.0 Å². The molecule has 3 rings (SSSR count). The number of nitrogens with zero attached hydrogens (tertiary/aromatic N) is 2. The Bertz CT molecular complexity index is 1050. The highest BCUT2D eigenvalue weighted by Crippen LogP contribution is 2.29. The van der Waals surface area contributed by atoms with E-state index in [-0.39, 0.29) is 35.0 Å². The Morgan fingerprint density at radius 2 is 1.77 bits per heavy atom. The summed E-state index contributed by atoms with van der Waals surface area (Å²) in [6, 6.07) is 7.22. The van der Waals surface area contributed by atoms with Gasteiger partial charge in [0.05, 0.1) is 5.56 Å². The molecule has 7 nitrogen and oxygen atoms in total. The van der Waals surface area contributed by atoms with Crippen molar-refractivity contribution in [1.29, 1.82) is 0 Å². The van der Waals surface area contributed by atoms with Crippen molar-refractivity contribution in [3.8, 4) is 0 Å². The Morgan fingerprint density at radius 3 is 2.37 bits per heavy atom. The van der Waals surface area contributed by atoms with Crippen molar-refractivity contribution in [2.24, 2.45) is 5.92 Å². The van der Waals surface area contributed by atoms with Crippen molar-refractivity contribution < 1.29 is 18.0 Å². The number of carbonyl (C=O) groups is 2. The Kier molecular flexibility index (Phi) is 6.64. The minimum Gasteiger partial charge on any atom is -0.345 e. The molecule has 9 heteroatoms. The van der Waals surface area contributed by atoms with Gasteiger partial charge in [-0.3, -0.25) is 9.59 Å². The second kappa shape index (κ2) is 8.87. The van der Waals surface area contributed by atoms with Crippen LogP contribution in [-0.2, 0) is 14.8 Å². The molecule has 0 radical (unpaired) electrons. The molecule has 1 saturated heterocycles. The van der Waals surface area contributed by atoms with Crippen molar-refractivity contribution in [3.05, 3.63) is 46.3 Å². The first-order valence-corrected chi connectivity index (χ1v) is 12.1. The lowest BCUT2D eigenvalue weighted by Crippen LogP contribution is -2.41. The third-order valence-electron chi connectivity index (χ3n) is 5.42. The highest BCUT2D eigenvalue weighted by atomic mass is 32.2. The van der Waals surface area contributed by atoms with Gasteiger partial charge < -0.3 is 10.2 Å². The van der Waals surface area contributed by atoms with Crippen molar-refractivity contribution in [2.45, 2.75) is 30.9 Å². The molecule has 1 fully saturated rings. The maximum atomic E-state index is 12.9. The fourth-order valence-electron chi connectivity index (χ4n) is 3.37. The van der Waals surface area contributed by atoms with Crippen LogP contribution in [0, 0.1) is 19.8 Å². The zero-order valence-electron chi connectivity index (χ0n) is 17.6. The molecule has 0 unspecified atom stereocenters. The standard InChI is InChI=1S/C21H27N3O4S2/c1-14-5-6-18(11-15(14)2)22-20(25)16-7-9-24(10-8-16)30(27,28)19-12-17(13-29-19)21(26)23(3)4/h5-6,11-13,16H,7-10H2,1-4H3,(H,22,25). The van der Waals surface area contributed by atoms with Crippen LogP contribution in [0.1, 0.15) is 34.3 Å². The van der Waals surface area contributed by atoms with Gasteiger partial charge in [-0.15, -0.1) is 11.3 Å². The van der Waals surface area contributed by atoms with Crippen LogP contribution >= 0.6 is 11.3 Å². The van der Waals surface area contributed by atoms with Crippen LogP contribution in [0.4, 0.5) is 5.69 Å². The van der Waals surface area contributed by atoms with E-state index in [0.717, 1.165) is 28.2 Å². The molecule has 162 valence electrons. The number of benzene rings is 1. The van der Waals surface area contributed by atoms with Gasteiger partial charge in [0.15, 0.2) is 0 Å². The molecule has 0 atom stereocenters. The summed E-state index contributed by atoms with van der Waals surface area (Å²) in [6.45, 7) is 4.57. The molecular formula is C21H27N3O4S2. The number of amides is 2. The number of rotatable bonds is 5. The van der Waals surface area contributed by atoms with Gasteiger partial charge in [-0.1, -0.05) is 6.07 Å². The molecule has 1 aliphatic heterocycles. The molecule has 2 amide bonds. The lowest BCUT2D eigenvalue weighted by molar-refractivity contribution is -0.120. The van der Waals surface area contributed by atoms with E-state index < -0.39 is 10.0 Å². The molecular weight excluding hydrogens is 422 g/mol. The third-order valence-corrected chi connectivity index (χ3v) is 8.74. The molecule has 1 aromatic heterocycles. The molecule has 0 spiro atoms. The van der Waals surface area contributed by atoms with Crippen LogP contribution in [0.15, 0.2) is 33.9 Å². The number of carbonyl (C=O) groups excluding carboxylic acids is 2. The number of sulfonamides is 1. The molecule has 2 aromatic rings. The summed E-state index contributed by atoms with van der Waals surface area (Å²) < 4.78 is 27.4. The highest BCUT2D eigenvalue weighted by Gasteiger charge is 2.33. The Hall–Kier alpha value is -2.23. The first kappa shape index (κ1) is 22.5. The second-order valence-electron chi connectivity index (χ2n) is 7.82. The van der Waals surface area contributed by atoms with Crippen molar-refractivity contribution in [1.82, 2.24) is 9.21 Å². The number of hydrogen-bond donors (Lipinski definition) is 1. The number of thiophene rings is 1. The summed E-state index contributed by atoms with van der Waals surface area (Å²) in [5, 5.41) is 4.51. The summed E-state index contributed by atoms with van der Waals surface area (Å²) in [7, 11) is -0.416. The summed E-state index contributed by atoms with van der Waals surface area (Å²) >= 11 is 1.05. The third kappa shape index (κ3) is 4.74. The lowest BCUT2D eigenvalue weighted by Gasteiger charge is -2.30.